The van der Waals surface area contributed by atoms with Gasteiger partial charge in [-0.1, -0.05) is 0 Å². The Morgan fingerprint density at radius 2 is 1.83 bits per heavy atom. The number of hydrogen-bond acceptors (Lipinski definition) is 1. The second-order valence-electron chi connectivity index (χ2n) is 1.97. The molecule has 0 aromatic heterocycles. The van der Waals surface area contributed by atoms with Gasteiger partial charge in [-0.25, -0.2) is 0 Å². The van der Waals surface area contributed by atoms with Gasteiger partial charge in [0.25, 0.3) is 0 Å². The standard InChI is InChI=1S/C5H9S/c1-5(2,3)4-6/h1-2,4H2,3H3/q+1/p+1. The van der Waals surface area contributed by atoms with Gasteiger partial charge in [0.05, 0.1) is 5.75 Å². The predicted molar refractivity (Wildman–Crippen MR) is 32.7 cm³/mol. The molecule has 0 atom stereocenters. The Hall–Kier alpha value is 0.0900. The van der Waals surface area contributed by atoms with Crippen LogP contribution in [0.3, 0.4) is 0 Å². The molecule has 0 unspecified atom stereocenters. The molecule has 34 valence electrons. The normalized spacial score (nSPS) is 11.7. The van der Waals surface area contributed by atoms with Gasteiger partial charge in [0.1, 0.15) is 13.8 Å². The minimum atomic E-state index is -0.0941. The fourth-order valence-corrected chi connectivity index (χ4v) is 0. The summed E-state index contributed by atoms with van der Waals surface area (Å²) < 4.78 is 0. The van der Waals surface area contributed by atoms with Gasteiger partial charge in [-0.2, -0.15) is 12.6 Å². The van der Waals surface area contributed by atoms with Crippen molar-refractivity contribution in [3.63, 3.8) is 0 Å². The zero-order valence-corrected chi connectivity index (χ0v) is 4.96. The molecule has 0 aromatic carbocycles. The topological polar surface area (TPSA) is 0 Å². The monoisotopic (exact) mass is 102 g/mol. The molecule has 0 amide bonds. The van der Waals surface area contributed by atoms with Crippen LogP contribution in [0.15, 0.2) is 0 Å². The zero-order valence-electron chi connectivity index (χ0n) is 4.07. The summed E-state index contributed by atoms with van der Waals surface area (Å²) in [5.74, 6) is 0.743. The zero-order chi connectivity index (χ0) is 5.21. The second kappa shape index (κ2) is 1.69. The summed E-state index contributed by atoms with van der Waals surface area (Å²) in [5.41, 5.74) is -0.0941. The van der Waals surface area contributed by atoms with Gasteiger partial charge in [-0.15, -0.1) is 0 Å². The van der Waals surface area contributed by atoms with Crippen LogP contribution in [0.25, 0.3) is 0 Å². The molecule has 0 aliphatic heterocycles. The maximum Gasteiger partial charge on any atom is 0.236 e. The van der Waals surface area contributed by atoms with Crippen LogP contribution in [0, 0.1) is 19.3 Å². The summed E-state index contributed by atoms with van der Waals surface area (Å²) in [6.07, 6.45) is 0. The number of hydrogen-bond donors (Lipinski definition) is 1. The lowest BCUT2D eigenvalue weighted by atomic mass is 10.0. The molecule has 1 heteroatoms. The van der Waals surface area contributed by atoms with E-state index in [4.69, 9.17) is 0 Å². The Morgan fingerprint density at radius 3 is 1.83 bits per heavy atom. The first-order valence-electron chi connectivity index (χ1n) is 1.88. The average Bonchev–Trinajstić information content (AvgIpc) is 1.35. The molecular formula is C5H10S+2. The summed E-state index contributed by atoms with van der Waals surface area (Å²) in [7, 11) is 0. The summed E-state index contributed by atoms with van der Waals surface area (Å²) >= 11 is 3.98. The lowest BCUT2D eigenvalue weighted by molar-refractivity contribution is 0.630. The third kappa shape index (κ3) is 4.09. The minimum absolute atomic E-state index is 0.0941. The van der Waals surface area contributed by atoms with Crippen molar-refractivity contribution in [1.82, 2.24) is 0 Å². The Morgan fingerprint density at radius 1 is 1.67 bits per heavy atom. The van der Waals surface area contributed by atoms with E-state index in [1.165, 1.54) is 0 Å². The summed E-state index contributed by atoms with van der Waals surface area (Å²) in [6.45, 7) is 9.35. The highest BCUT2D eigenvalue weighted by Gasteiger charge is 2.22. The Bertz CT molecular complexity index is 33.7. The van der Waals surface area contributed by atoms with Crippen LogP contribution in [0.4, 0.5) is 0 Å². The molecular weight excluding hydrogens is 92.1 g/mol. The molecule has 0 heterocycles. The van der Waals surface area contributed by atoms with Gasteiger partial charge in [-0.05, 0) is 0 Å². The van der Waals surface area contributed by atoms with Gasteiger partial charge >= 0.3 is 0 Å². The van der Waals surface area contributed by atoms with Crippen molar-refractivity contribution >= 4 is 12.6 Å². The fourth-order valence-electron chi connectivity index (χ4n) is 0. The minimum Gasteiger partial charge on any atom is -0.169 e. The van der Waals surface area contributed by atoms with Crippen molar-refractivity contribution in [2.45, 2.75) is 6.92 Å². The molecule has 0 bridgehead atoms. The van der Waals surface area contributed by atoms with E-state index >= 15 is 0 Å². The quantitative estimate of drug-likeness (QED) is 0.377. The highest BCUT2D eigenvalue weighted by Crippen LogP contribution is 2.11. The highest BCUT2D eigenvalue weighted by atomic mass is 32.1. The predicted octanol–water partition coefficient (Wildman–Crippen LogP) is 1.59. The average molecular weight is 102 g/mol. The van der Waals surface area contributed by atoms with Crippen molar-refractivity contribution in [1.29, 1.82) is 0 Å². The third-order valence-electron chi connectivity index (χ3n) is 0.382. The van der Waals surface area contributed by atoms with E-state index in [0.29, 0.717) is 0 Å². The lowest BCUT2D eigenvalue weighted by Gasteiger charge is -1.94. The molecule has 0 rings (SSSR count). The van der Waals surface area contributed by atoms with Gasteiger partial charge in [0.15, 0.2) is 0 Å². The van der Waals surface area contributed by atoms with E-state index in [1.807, 2.05) is 6.92 Å². The van der Waals surface area contributed by atoms with E-state index in [0.717, 1.165) is 5.75 Å². The third-order valence-corrected chi connectivity index (χ3v) is 1.15. The van der Waals surface area contributed by atoms with Crippen LogP contribution in [-0.4, -0.2) is 5.75 Å². The SMILES string of the molecule is [CH2+]C([CH2+])(C)CS. The Balaban J connectivity index is 3.17. The van der Waals surface area contributed by atoms with Crippen LogP contribution < -0.4 is 0 Å². The van der Waals surface area contributed by atoms with Crippen molar-refractivity contribution in [2.75, 3.05) is 5.75 Å². The van der Waals surface area contributed by atoms with E-state index in [-0.39, 0.29) is 5.41 Å². The molecule has 0 nitrogen and oxygen atoms in total. The molecule has 0 saturated carbocycles. The first-order valence-corrected chi connectivity index (χ1v) is 2.51. The molecule has 0 aliphatic carbocycles. The molecule has 0 N–H and O–H groups in total. The van der Waals surface area contributed by atoms with E-state index in [2.05, 4.69) is 26.5 Å². The molecule has 0 saturated heterocycles. The van der Waals surface area contributed by atoms with Crippen LogP contribution in [0.5, 0.6) is 0 Å². The summed E-state index contributed by atoms with van der Waals surface area (Å²) in [5, 5.41) is 0. The molecule has 0 radical (unpaired) electrons. The first-order chi connectivity index (χ1) is 2.56. The number of thiol groups is 1. The van der Waals surface area contributed by atoms with Gasteiger partial charge in [-0.3, -0.25) is 0 Å². The molecule has 0 aromatic rings. The lowest BCUT2D eigenvalue weighted by Crippen LogP contribution is -2.06. The maximum atomic E-state index is 3.98. The van der Waals surface area contributed by atoms with E-state index in [1.54, 1.807) is 0 Å². The van der Waals surface area contributed by atoms with Crippen molar-refractivity contribution < 1.29 is 0 Å². The Kier molecular flexibility index (Phi) is 1.72. The van der Waals surface area contributed by atoms with Gasteiger partial charge < -0.3 is 0 Å². The smallest absolute Gasteiger partial charge is 0.169 e. The molecule has 0 aliphatic rings. The molecule has 0 fully saturated rings. The summed E-state index contributed by atoms with van der Waals surface area (Å²) in [4.78, 5) is 0. The van der Waals surface area contributed by atoms with Crippen molar-refractivity contribution in [2.24, 2.45) is 5.41 Å². The Labute approximate surface area is 45.4 Å². The summed E-state index contributed by atoms with van der Waals surface area (Å²) in [6, 6.07) is 0. The molecule has 6 heavy (non-hydrogen) atoms. The van der Waals surface area contributed by atoms with Crippen molar-refractivity contribution in [3.05, 3.63) is 13.8 Å². The van der Waals surface area contributed by atoms with Gasteiger partial charge in [0.2, 0.25) is 5.41 Å². The largest absolute Gasteiger partial charge is 0.236 e. The van der Waals surface area contributed by atoms with Crippen molar-refractivity contribution in [3.8, 4) is 0 Å². The fraction of sp³-hybridized carbons (Fsp3) is 0.600. The number of rotatable bonds is 1. The van der Waals surface area contributed by atoms with Crippen LogP contribution in [0.1, 0.15) is 6.92 Å². The van der Waals surface area contributed by atoms with E-state index < -0.39 is 0 Å². The first kappa shape index (κ1) is 6.09. The van der Waals surface area contributed by atoms with Gasteiger partial charge in [0, 0.05) is 6.92 Å². The molecule has 0 spiro atoms. The van der Waals surface area contributed by atoms with Crippen LogP contribution in [-0.2, 0) is 0 Å². The van der Waals surface area contributed by atoms with E-state index in [9.17, 15) is 0 Å². The van der Waals surface area contributed by atoms with Crippen LogP contribution >= 0.6 is 12.6 Å². The maximum absolute atomic E-state index is 3.98. The second-order valence-corrected chi connectivity index (χ2v) is 2.29. The highest BCUT2D eigenvalue weighted by molar-refractivity contribution is 7.80. The van der Waals surface area contributed by atoms with Crippen LogP contribution in [0.2, 0.25) is 0 Å².